The molecule has 0 atom stereocenters. The molecular formula is C12H24N2O3. The van der Waals surface area contributed by atoms with Gasteiger partial charge in [0.1, 0.15) is 0 Å². The minimum atomic E-state index is -0.563. The van der Waals surface area contributed by atoms with Crippen LogP contribution in [0.2, 0.25) is 0 Å². The number of carbonyl (C=O) groups excluding carboxylic acids is 2. The average molecular weight is 244 g/mol. The zero-order chi connectivity index (χ0) is 12.9. The SMILES string of the molecule is CCCCOCCCNC(=O)C(=O)NCCC. The van der Waals surface area contributed by atoms with Crippen LogP contribution in [0.1, 0.15) is 39.5 Å². The average Bonchev–Trinajstić information content (AvgIpc) is 2.34. The van der Waals surface area contributed by atoms with Crippen molar-refractivity contribution in [3.05, 3.63) is 0 Å². The number of nitrogens with one attached hydrogen (secondary N) is 2. The number of ether oxygens (including phenoxy) is 1. The zero-order valence-electron chi connectivity index (χ0n) is 10.9. The molecule has 0 aromatic rings. The molecule has 0 spiro atoms. The second kappa shape index (κ2) is 11.4. The summed E-state index contributed by atoms with van der Waals surface area (Å²) in [5.74, 6) is -1.12. The fraction of sp³-hybridized carbons (Fsp3) is 0.833. The topological polar surface area (TPSA) is 67.4 Å². The molecule has 0 aliphatic heterocycles. The summed E-state index contributed by atoms with van der Waals surface area (Å²) in [6, 6.07) is 0. The molecule has 0 unspecified atom stereocenters. The third kappa shape index (κ3) is 9.81. The Hall–Kier alpha value is -1.10. The first kappa shape index (κ1) is 15.9. The lowest BCUT2D eigenvalue weighted by Crippen LogP contribution is -2.40. The summed E-state index contributed by atoms with van der Waals surface area (Å²) in [4.78, 5) is 22.4. The van der Waals surface area contributed by atoms with Gasteiger partial charge >= 0.3 is 11.8 Å². The normalized spacial score (nSPS) is 10.0. The molecule has 0 saturated carbocycles. The Labute approximate surface area is 103 Å². The summed E-state index contributed by atoms with van der Waals surface area (Å²) in [6.45, 7) is 6.44. The van der Waals surface area contributed by atoms with E-state index in [0.717, 1.165) is 32.3 Å². The van der Waals surface area contributed by atoms with Gasteiger partial charge in [-0.2, -0.15) is 0 Å². The van der Waals surface area contributed by atoms with Crippen LogP contribution in [-0.2, 0) is 14.3 Å². The van der Waals surface area contributed by atoms with E-state index in [-0.39, 0.29) is 0 Å². The lowest BCUT2D eigenvalue weighted by molar-refractivity contribution is -0.139. The van der Waals surface area contributed by atoms with Crippen molar-refractivity contribution in [2.75, 3.05) is 26.3 Å². The Morgan fingerprint density at radius 2 is 1.47 bits per heavy atom. The molecule has 0 aliphatic carbocycles. The Bertz CT molecular complexity index is 220. The molecule has 0 aromatic heterocycles. The van der Waals surface area contributed by atoms with Crippen molar-refractivity contribution in [2.24, 2.45) is 0 Å². The molecule has 0 aromatic carbocycles. The van der Waals surface area contributed by atoms with E-state index in [0.29, 0.717) is 19.7 Å². The van der Waals surface area contributed by atoms with E-state index in [1.807, 2.05) is 6.92 Å². The van der Waals surface area contributed by atoms with Crippen LogP contribution in [-0.4, -0.2) is 38.1 Å². The van der Waals surface area contributed by atoms with Gasteiger partial charge in [-0.05, 0) is 19.3 Å². The molecule has 0 saturated heterocycles. The standard InChI is InChI=1S/C12H24N2O3/c1-3-5-9-17-10-6-8-14-12(16)11(15)13-7-4-2/h3-10H2,1-2H3,(H,13,15)(H,14,16). The Kier molecular flexibility index (Phi) is 10.7. The van der Waals surface area contributed by atoms with Gasteiger partial charge < -0.3 is 15.4 Å². The van der Waals surface area contributed by atoms with Crippen LogP contribution in [0.4, 0.5) is 0 Å². The second-order valence-electron chi connectivity index (χ2n) is 3.83. The first-order valence-electron chi connectivity index (χ1n) is 6.36. The van der Waals surface area contributed by atoms with Gasteiger partial charge in [0.15, 0.2) is 0 Å². The molecule has 2 amide bonds. The Balaban J connectivity index is 3.35. The fourth-order valence-corrected chi connectivity index (χ4v) is 1.12. The maximum atomic E-state index is 11.2. The van der Waals surface area contributed by atoms with Crippen molar-refractivity contribution >= 4 is 11.8 Å². The lowest BCUT2D eigenvalue weighted by atomic mass is 10.3. The van der Waals surface area contributed by atoms with Crippen molar-refractivity contribution in [3.8, 4) is 0 Å². The molecular weight excluding hydrogens is 220 g/mol. The summed E-state index contributed by atoms with van der Waals surface area (Å²) in [5.41, 5.74) is 0. The van der Waals surface area contributed by atoms with Crippen molar-refractivity contribution < 1.29 is 14.3 Å². The van der Waals surface area contributed by atoms with Gasteiger partial charge in [-0.15, -0.1) is 0 Å². The summed E-state index contributed by atoms with van der Waals surface area (Å²) in [7, 11) is 0. The highest BCUT2D eigenvalue weighted by Gasteiger charge is 2.10. The predicted molar refractivity (Wildman–Crippen MR) is 66.7 cm³/mol. The van der Waals surface area contributed by atoms with Crippen LogP contribution in [0.15, 0.2) is 0 Å². The highest BCUT2D eigenvalue weighted by Crippen LogP contribution is 1.89. The molecule has 5 nitrogen and oxygen atoms in total. The summed E-state index contributed by atoms with van der Waals surface area (Å²) in [5, 5.41) is 5.07. The van der Waals surface area contributed by atoms with Crippen molar-refractivity contribution in [1.82, 2.24) is 10.6 Å². The minimum Gasteiger partial charge on any atom is -0.381 e. The molecule has 17 heavy (non-hydrogen) atoms. The maximum absolute atomic E-state index is 11.2. The molecule has 5 heteroatoms. The second-order valence-corrected chi connectivity index (χ2v) is 3.83. The number of hydrogen-bond donors (Lipinski definition) is 2. The van der Waals surface area contributed by atoms with Crippen LogP contribution in [0.25, 0.3) is 0 Å². The van der Waals surface area contributed by atoms with Crippen molar-refractivity contribution in [2.45, 2.75) is 39.5 Å². The van der Waals surface area contributed by atoms with Gasteiger partial charge in [0.05, 0.1) is 0 Å². The highest BCUT2D eigenvalue weighted by molar-refractivity contribution is 6.35. The van der Waals surface area contributed by atoms with Crippen LogP contribution >= 0.6 is 0 Å². The zero-order valence-corrected chi connectivity index (χ0v) is 10.9. The predicted octanol–water partition coefficient (Wildman–Crippen LogP) is 0.836. The van der Waals surface area contributed by atoms with E-state index >= 15 is 0 Å². The molecule has 2 N–H and O–H groups in total. The van der Waals surface area contributed by atoms with Gasteiger partial charge in [-0.3, -0.25) is 9.59 Å². The van der Waals surface area contributed by atoms with E-state index in [4.69, 9.17) is 4.74 Å². The van der Waals surface area contributed by atoms with E-state index in [1.165, 1.54) is 0 Å². The number of amides is 2. The smallest absolute Gasteiger partial charge is 0.309 e. The molecule has 0 fully saturated rings. The monoisotopic (exact) mass is 244 g/mol. The highest BCUT2D eigenvalue weighted by atomic mass is 16.5. The van der Waals surface area contributed by atoms with E-state index in [9.17, 15) is 9.59 Å². The minimum absolute atomic E-state index is 0.477. The van der Waals surface area contributed by atoms with E-state index in [2.05, 4.69) is 17.6 Å². The number of carbonyl (C=O) groups is 2. The molecule has 0 radical (unpaired) electrons. The number of rotatable bonds is 9. The number of hydrogen-bond acceptors (Lipinski definition) is 3. The van der Waals surface area contributed by atoms with E-state index in [1.54, 1.807) is 0 Å². The first-order chi connectivity index (χ1) is 8.22. The Morgan fingerprint density at radius 1 is 0.882 bits per heavy atom. The molecule has 0 aliphatic rings. The maximum Gasteiger partial charge on any atom is 0.309 e. The third-order valence-electron chi connectivity index (χ3n) is 2.14. The van der Waals surface area contributed by atoms with Gasteiger partial charge in [-0.1, -0.05) is 20.3 Å². The first-order valence-corrected chi connectivity index (χ1v) is 6.36. The van der Waals surface area contributed by atoms with Crippen LogP contribution in [0.5, 0.6) is 0 Å². The van der Waals surface area contributed by atoms with Gasteiger partial charge in [0, 0.05) is 26.3 Å². The van der Waals surface area contributed by atoms with Gasteiger partial charge in [0.2, 0.25) is 0 Å². The van der Waals surface area contributed by atoms with Gasteiger partial charge in [0.25, 0.3) is 0 Å². The molecule has 100 valence electrons. The summed E-state index contributed by atoms with van der Waals surface area (Å²) < 4.78 is 5.33. The molecule has 0 bridgehead atoms. The van der Waals surface area contributed by atoms with Gasteiger partial charge in [-0.25, -0.2) is 0 Å². The third-order valence-corrected chi connectivity index (χ3v) is 2.14. The largest absolute Gasteiger partial charge is 0.381 e. The lowest BCUT2D eigenvalue weighted by Gasteiger charge is -2.06. The summed E-state index contributed by atoms with van der Waals surface area (Å²) >= 11 is 0. The van der Waals surface area contributed by atoms with E-state index < -0.39 is 11.8 Å². The molecule has 0 heterocycles. The number of unbranched alkanes of at least 4 members (excludes halogenated alkanes) is 1. The quantitative estimate of drug-likeness (QED) is 0.466. The fourth-order valence-electron chi connectivity index (χ4n) is 1.12. The van der Waals surface area contributed by atoms with Crippen molar-refractivity contribution in [3.63, 3.8) is 0 Å². The van der Waals surface area contributed by atoms with Crippen LogP contribution in [0.3, 0.4) is 0 Å². The van der Waals surface area contributed by atoms with Crippen LogP contribution < -0.4 is 10.6 Å². The summed E-state index contributed by atoms with van der Waals surface area (Å²) in [6.07, 6.45) is 3.74. The van der Waals surface area contributed by atoms with Crippen molar-refractivity contribution in [1.29, 1.82) is 0 Å². The molecule has 0 rings (SSSR count). The Morgan fingerprint density at radius 3 is 2.06 bits per heavy atom. The van der Waals surface area contributed by atoms with Crippen LogP contribution in [0, 0.1) is 0 Å².